The first kappa shape index (κ1) is 22.1. The van der Waals surface area contributed by atoms with E-state index in [0.717, 1.165) is 30.6 Å². The predicted octanol–water partition coefficient (Wildman–Crippen LogP) is 0.651. The average Bonchev–Trinajstić information content (AvgIpc) is 2.65. The Morgan fingerprint density at radius 1 is 1.33 bits per heavy atom. The van der Waals surface area contributed by atoms with Crippen molar-refractivity contribution >= 4 is 27.7 Å². The van der Waals surface area contributed by atoms with E-state index in [1.165, 1.54) is 38.1 Å². The van der Waals surface area contributed by atoms with Crippen molar-refractivity contribution < 1.29 is 17.9 Å². The zero-order chi connectivity index (χ0) is 20.1. The minimum absolute atomic E-state index is 0.0758. The zero-order valence-corrected chi connectivity index (χ0v) is 17.9. The summed E-state index contributed by atoms with van der Waals surface area (Å²) in [6, 6.07) is 3.12. The molecular formula is C17H28N4O4S2. The van der Waals surface area contributed by atoms with Gasteiger partial charge in [-0.05, 0) is 26.0 Å². The highest BCUT2D eigenvalue weighted by Gasteiger charge is 2.28. The van der Waals surface area contributed by atoms with Crippen LogP contribution in [0.5, 0.6) is 0 Å². The molecule has 0 radical (unpaired) electrons. The summed E-state index contributed by atoms with van der Waals surface area (Å²) >= 11 is 1.28. The molecule has 1 fully saturated rings. The van der Waals surface area contributed by atoms with Crippen LogP contribution in [0.3, 0.4) is 0 Å². The number of hydrogen-bond acceptors (Lipinski definition) is 7. The SMILES string of the molecule is CN(C)S(=O)(=O)c1ccc(SCC(=O)NCC(C)(C)N2CCOCC2)nc1. The van der Waals surface area contributed by atoms with Crippen LogP contribution in [0, 0.1) is 0 Å². The molecule has 0 spiro atoms. The molecule has 0 aromatic carbocycles. The quantitative estimate of drug-likeness (QED) is 0.622. The van der Waals surface area contributed by atoms with Crippen molar-refractivity contribution in [3.8, 4) is 0 Å². The monoisotopic (exact) mass is 416 g/mol. The zero-order valence-electron chi connectivity index (χ0n) is 16.3. The minimum Gasteiger partial charge on any atom is -0.379 e. The van der Waals surface area contributed by atoms with E-state index >= 15 is 0 Å². The van der Waals surface area contributed by atoms with E-state index < -0.39 is 10.0 Å². The Hall–Kier alpha value is -1.20. The lowest BCUT2D eigenvalue weighted by molar-refractivity contribution is -0.119. The molecule has 8 nitrogen and oxygen atoms in total. The van der Waals surface area contributed by atoms with Gasteiger partial charge < -0.3 is 10.1 Å². The minimum atomic E-state index is -3.49. The third-order valence-corrected chi connectivity index (χ3v) is 7.17. The van der Waals surface area contributed by atoms with Crippen molar-refractivity contribution in [2.24, 2.45) is 0 Å². The van der Waals surface area contributed by atoms with Crippen LogP contribution in [0.4, 0.5) is 0 Å². The number of morpholine rings is 1. The summed E-state index contributed by atoms with van der Waals surface area (Å²) in [5, 5.41) is 3.58. The lowest BCUT2D eigenvalue weighted by Crippen LogP contribution is -2.55. The van der Waals surface area contributed by atoms with E-state index in [2.05, 4.69) is 29.0 Å². The Labute approximate surface area is 165 Å². The third kappa shape index (κ3) is 6.15. The van der Waals surface area contributed by atoms with Crippen LogP contribution in [-0.2, 0) is 19.6 Å². The molecule has 1 aliphatic rings. The van der Waals surface area contributed by atoms with E-state index in [-0.39, 0.29) is 22.1 Å². The van der Waals surface area contributed by atoms with Gasteiger partial charge >= 0.3 is 0 Å². The van der Waals surface area contributed by atoms with E-state index in [1.54, 1.807) is 6.07 Å². The molecule has 1 N–H and O–H groups in total. The Bertz CT molecular complexity index is 730. The normalized spacial score (nSPS) is 16.5. The summed E-state index contributed by atoms with van der Waals surface area (Å²) in [6.07, 6.45) is 1.32. The Morgan fingerprint density at radius 3 is 2.56 bits per heavy atom. The number of thioether (sulfide) groups is 1. The largest absolute Gasteiger partial charge is 0.379 e. The molecular weight excluding hydrogens is 388 g/mol. The predicted molar refractivity (Wildman–Crippen MR) is 105 cm³/mol. The Morgan fingerprint density at radius 2 is 2.00 bits per heavy atom. The smallest absolute Gasteiger partial charge is 0.244 e. The van der Waals surface area contributed by atoms with E-state index in [1.807, 2.05) is 0 Å². The number of carbonyl (C=O) groups excluding carboxylic acids is 1. The number of nitrogens with zero attached hydrogens (tertiary/aromatic N) is 3. The third-order valence-electron chi connectivity index (χ3n) is 4.42. The number of aromatic nitrogens is 1. The number of sulfonamides is 1. The van der Waals surface area contributed by atoms with Crippen molar-refractivity contribution in [2.75, 3.05) is 52.7 Å². The first-order chi connectivity index (χ1) is 12.6. The summed E-state index contributed by atoms with van der Waals surface area (Å²) in [4.78, 5) is 18.7. The number of ether oxygens (including phenoxy) is 1. The van der Waals surface area contributed by atoms with Gasteiger partial charge in [-0.1, -0.05) is 11.8 Å². The molecule has 0 atom stereocenters. The Kier molecular flexibility index (Phi) is 7.64. The summed E-state index contributed by atoms with van der Waals surface area (Å²) < 4.78 is 30.6. The average molecular weight is 417 g/mol. The number of nitrogens with one attached hydrogen (secondary N) is 1. The molecule has 152 valence electrons. The fourth-order valence-electron chi connectivity index (χ4n) is 2.60. The molecule has 2 heterocycles. The molecule has 1 aliphatic heterocycles. The molecule has 0 unspecified atom stereocenters. The molecule has 1 saturated heterocycles. The molecule has 1 amide bonds. The Balaban J connectivity index is 1.81. The van der Waals surface area contributed by atoms with Crippen LogP contribution in [0.25, 0.3) is 0 Å². The second-order valence-corrected chi connectivity index (χ2v) is 10.2. The molecule has 27 heavy (non-hydrogen) atoms. The first-order valence-corrected chi connectivity index (χ1v) is 11.2. The van der Waals surface area contributed by atoms with Crippen LogP contribution in [0.2, 0.25) is 0 Å². The molecule has 0 saturated carbocycles. The van der Waals surface area contributed by atoms with Gasteiger partial charge in [-0.25, -0.2) is 17.7 Å². The van der Waals surface area contributed by atoms with Crippen LogP contribution in [-0.4, -0.2) is 86.7 Å². The maximum absolute atomic E-state index is 12.2. The number of pyridine rings is 1. The van der Waals surface area contributed by atoms with Crippen molar-refractivity contribution in [1.29, 1.82) is 0 Å². The van der Waals surface area contributed by atoms with E-state index in [4.69, 9.17) is 4.74 Å². The first-order valence-electron chi connectivity index (χ1n) is 8.74. The maximum atomic E-state index is 12.2. The molecule has 1 aromatic rings. The maximum Gasteiger partial charge on any atom is 0.244 e. The van der Waals surface area contributed by atoms with Crippen LogP contribution in [0.1, 0.15) is 13.8 Å². The highest BCUT2D eigenvalue weighted by Crippen LogP contribution is 2.19. The van der Waals surface area contributed by atoms with Gasteiger partial charge in [-0.15, -0.1) is 0 Å². The molecule has 10 heteroatoms. The second kappa shape index (κ2) is 9.33. The van der Waals surface area contributed by atoms with Gasteiger partial charge in [0.25, 0.3) is 0 Å². The van der Waals surface area contributed by atoms with Crippen molar-refractivity contribution in [3.05, 3.63) is 18.3 Å². The number of carbonyl (C=O) groups is 1. The summed E-state index contributed by atoms with van der Waals surface area (Å²) in [6.45, 7) is 7.94. The van der Waals surface area contributed by atoms with Gasteiger partial charge in [0.05, 0.1) is 24.0 Å². The van der Waals surface area contributed by atoms with Gasteiger partial charge in [-0.3, -0.25) is 9.69 Å². The van der Waals surface area contributed by atoms with Gasteiger partial charge in [0, 0.05) is 45.5 Å². The fourth-order valence-corrected chi connectivity index (χ4v) is 4.12. The highest BCUT2D eigenvalue weighted by molar-refractivity contribution is 7.99. The topological polar surface area (TPSA) is 91.8 Å². The van der Waals surface area contributed by atoms with Gasteiger partial charge in [0.1, 0.15) is 4.90 Å². The number of amides is 1. The van der Waals surface area contributed by atoms with Crippen LogP contribution >= 0.6 is 11.8 Å². The summed E-state index contributed by atoms with van der Waals surface area (Å²) in [5.74, 6) is 0.152. The summed E-state index contributed by atoms with van der Waals surface area (Å²) in [7, 11) is -0.546. The summed E-state index contributed by atoms with van der Waals surface area (Å²) in [5.41, 5.74) is -0.134. The van der Waals surface area contributed by atoms with E-state index in [0.29, 0.717) is 11.6 Å². The van der Waals surface area contributed by atoms with Gasteiger partial charge in [0.2, 0.25) is 15.9 Å². The fraction of sp³-hybridized carbons (Fsp3) is 0.647. The molecule has 0 bridgehead atoms. The molecule has 1 aromatic heterocycles. The van der Waals surface area contributed by atoms with E-state index in [9.17, 15) is 13.2 Å². The van der Waals surface area contributed by atoms with Crippen LogP contribution in [0.15, 0.2) is 28.3 Å². The number of rotatable bonds is 8. The van der Waals surface area contributed by atoms with Gasteiger partial charge in [-0.2, -0.15) is 0 Å². The van der Waals surface area contributed by atoms with Gasteiger partial charge in [0.15, 0.2) is 0 Å². The molecule has 0 aliphatic carbocycles. The van der Waals surface area contributed by atoms with Crippen LogP contribution < -0.4 is 5.32 Å². The lowest BCUT2D eigenvalue weighted by atomic mass is 10.0. The highest BCUT2D eigenvalue weighted by atomic mass is 32.2. The standard InChI is InChI=1S/C17H28N4O4S2/c1-17(2,21-7-9-25-10-8-21)13-19-15(22)12-26-16-6-5-14(11-18-16)27(23,24)20(3)4/h5-6,11H,7-10,12-13H2,1-4H3,(H,19,22). The number of hydrogen-bond donors (Lipinski definition) is 1. The van der Waals surface area contributed by atoms with Crippen molar-refractivity contribution in [3.63, 3.8) is 0 Å². The lowest BCUT2D eigenvalue weighted by Gasteiger charge is -2.40. The molecule has 2 rings (SSSR count). The van der Waals surface area contributed by atoms with Crippen molar-refractivity contribution in [1.82, 2.24) is 19.5 Å². The van der Waals surface area contributed by atoms with Crippen molar-refractivity contribution in [2.45, 2.75) is 29.3 Å². The second-order valence-electron chi connectivity index (χ2n) is 7.10.